The molecule has 0 heteroatoms. The molecule has 13 heavy (non-hydrogen) atoms. The van der Waals surface area contributed by atoms with Gasteiger partial charge in [0.1, 0.15) is 0 Å². The van der Waals surface area contributed by atoms with Crippen LogP contribution in [0.25, 0.3) is 0 Å². The van der Waals surface area contributed by atoms with Crippen molar-refractivity contribution in [2.45, 2.75) is 46.0 Å². The van der Waals surface area contributed by atoms with E-state index in [1.807, 2.05) is 19.9 Å². The van der Waals surface area contributed by atoms with Crippen LogP contribution in [0.15, 0.2) is 12.1 Å². The monoisotopic (exact) mass is 174 g/mol. The molecule has 2 atom stereocenters. The molecule has 0 nitrogen and oxygen atoms in total. The van der Waals surface area contributed by atoms with Crippen molar-refractivity contribution in [3.05, 3.63) is 35.4 Å². The van der Waals surface area contributed by atoms with E-state index in [2.05, 4.69) is 32.0 Å². The second-order valence-corrected chi connectivity index (χ2v) is 3.51. The minimum absolute atomic E-state index is 0.692. The highest BCUT2D eigenvalue weighted by Gasteiger charge is 2.23. The van der Waals surface area contributed by atoms with Crippen molar-refractivity contribution < 1.29 is 0 Å². The van der Waals surface area contributed by atoms with E-state index in [4.69, 9.17) is 0 Å². The van der Waals surface area contributed by atoms with Crippen LogP contribution in [0.1, 0.15) is 57.1 Å². The van der Waals surface area contributed by atoms with Crippen LogP contribution in [0.2, 0.25) is 0 Å². The summed E-state index contributed by atoms with van der Waals surface area (Å²) in [5, 5.41) is 0. The molecule has 1 aliphatic carbocycles. The third kappa shape index (κ3) is 1.86. The summed E-state index contributed by atoms with van der Waals surface area (Å²) in [6.07, 6.45) is 1.28. The Morgan fingerprint density at radius 1 is 1.23 bits per heavy atom. The largest absolute Gasteiger partial charge is 0.0699 e. The Labute approximate surface area is 82.0 Å². The Morgan fingerprint density at radius 2 is 1.92 bits per heavy atom. The molecule has 1 aliphatic rings. The first-order valence-corrected chi connectivity index (χ1v) is 5.21. The standard InChI is InChI=1S/C11H12.C2H6/c1-8-7-9(2)11-6-4-3-5-10(8)11;1-2/h3,5,8-9H,7H2,1-2H3;1-2H3. The molecule has 0 bridgehead atoms. The normalized spacial score (nSPS) is 24.0. The van der Waals surface area contributed by atoms with Crippen molar-refractivity contribution in [2.75, 3.05) is 0 Å². The van der Waals surface area contributed by atoms with Crippen LogP contribution in [-0.4, -0.2) is 0 Å². The second-order valence-electron chi connectivity index (χ2n) is 3.51. The lowest BCUT2D eigenvalue weighted by atomic mass is 10.1. The van der Waals surface area contributed by atoms with E-state index in [1.165, 1.54) is 17.5 Å². The number of fused-ring (bicyclic) bond motifs is 1. The third-order valence-electron chi connectivity index (χ3n) is 2.59. The van der Waals surface area contributed by atoms with Crippen molar-refractivity contribution in [3.8, 4) is 0 Å². The van der Waals surface area contributed by atoms with Gasteiger partial charge in [0.05, 0.1) is 0 Å². The molecular formula is C13H18. The molecule has 0 spiro atoms. The maximum atomic E-state index is 3.20. The molecule has 0 saturated heterocycles. The van der Waals surface area contributed by atoms with Gasteiger partial charge < -0.3 is 0 Å². The zero-order valence-corrected chi connectivity index (χ0v) is 9.02. The Morgan fingerprint density at radius 3 is 2.54 bits per heavy atom. The Balaban J connectivity index is 0.000000396. The summed E-state index contributed by atoms with van der Waals surface area (Å²) in [4.78, 5) is 0. The first kappa shape index (κ1) is 10.1. The quantitative estimate of drug-likeness (QED) is 0.559. The fourth-order valence-electron chi connectivity index (χ4n) is 2.03. The smallest absolute Gasteiger partial charge is 0.00872 e. The SMILES string of the molecule is CC.CC1CC(C)c2ccc#cc21. The predicted octanol–water partition coefficient (Wildman–Crippen LogP) is 3.92. The summed E-state index contributed by atoms with van der Waals surface area (Å²) < 4.78 is 0. The van der Waals surface area contributed by atoms with Gasteiger partial charge in [-0.15, -0.1) is 0 Å². The van der Waals surface area contributed by atoms with Crippen LogP contribution in [-0.2, 0) is 0 Å². The van der Waals surface area contributed by atoms with Crippen molar-refractivity contribution in [2.24, 2.45) is 0 Å². The van der Waals surface area contributed by atoms with Crippen LogP contribution >= 0.6 is 0 Å². The van der Waals surface area contributed by atoms with Crippen molar-refractivity contribution in [3.63, 3.8) is 0 Å². The zero-order valence-electron chi connectivity index (χ0n) is 9.02. The molecule has 0 N–H and O–H groups in total. The van der Waals surface area contributed by atoms with Gasteiger partial charge in [0, 0.05) is 5.56 Å². The highest BCUT2D eigenvalue weighted by atomic mass is 14.3. The van der Waals surface area contributed by atoms with Crippen LogP contribution in [0, 0.1) is 12.1 Å². The van der Waals surface area contributed by atoms with E-state index in [-0.39, 0.29) is 0 Å². The topological polar surface area (TPSA) is 0 Å². The van der Waals surface area contributed by atoms with Gasteiger partial charge >= 0.3 is 0 Å². The van der Waals surface area contributed by atoms with Crippen LogP contribution in [0.3, 0.4) is 0 Å². The van der Waals surface area contributed by atoms with Crippen molar-refractivity contribution in [1.82, 2.24) is 0 Å². The highest BCUT2D eigenvalue weighted by molar-refractivity contribution is 5.34. The molecular weight excluding hydrogens is 156 g/mol. The first-order valence-electron chi connectivity index (χ1n) is 5.21. The minimum atomic E-state index is 0.692. The lowest BCUT2D eigenvalue weighted by Gasteiger charge is -1.99. The Kier molecular flexibility index (Phi) is 3.37. The van der Waals surface area contributed by atoms with E-state index in [1.54, 1.807) is 0 Å². The average molecular weight is 174 g/mol. The van der Waals surface area contributed by atoms with Gasteiger partial charge in [0.2, 0.25) is 0 Å². The molecule has 0 radical (unpaired) electrons. The molecule has 2 rings (SSSR count). The predicted molar refractivity (Wildman–Crippen MR) is 56.9 cm³/mol. The van der Waals surface area contributed by atoms with Gasteiger partial charge in [-0.1, -0.05) is 39.8 Å². The molecule has 0 heterocycles. The number of hydrogen-bond donors (Lipinski definition) is 0. The molecule has 0 aliphatic heterocycles. The van der Waals surface area contributed by atoms with Crippen LogP contribution < -0.4 is 0 Å². The van der Waals surface area contributed by atoms with Crippen molar-refractivity contribution >= 4 is 0 Å². The van der Waals surface area contributed by atoms with Gasteiger partial charge in [0.25, 0.3) is 0 Å². The summed E-state index contributed by atoms with van der Waals surface area (Å²) in [5.41, 5.74) is 2.87. The molecule has 0 fully saturated rings. The Bertz CT molecular complexity index is 235. The summed E-state index contributed by atoms with van der Waals surface area (Å²) in [6, 6.07) is 10.4. The highest BCUT2D eigenvalue weighted by Crippen LogP contribution is 2.39. The molecule has 1 aromatic rings. The second kappa shape index (κ2) is 4.33. The molecule has 0 amide bonds. The first-order chi connectivity index (χ1) is 6.29. The average Bonchev–Trinajstić information content (AvgIpc) is 2.47. The lowest BCUT2D eigenvalue weighted by molar-refractivity contribution is 0.661. The van der Waals surface area contributed by atoms with Crippen LogP contribution in [0.5, 0.6) is 0 Å². The fraction of sp³-hybridized carbons (Fsp3) is 0.538. The molecule has 2 unspecified atom stereocenters. The maximum absolute atomic E-state index is 3.20. The summed E-state index contributed by atoms with van der Waals surface area (Å²) in [7, 11) is 0. The van der Waals surface area contributed by atoms with E-state index >= 15 is 0 Å². The van der Waals surface area contributed by atoms with E-state index < -0.39 is 0 Å². The van der Waals surface area contributed by atoms with Crippen molar-refractivity contribution in [1.29, 1.82) is 0 Å². The number of rotatable bonds is 0. The van der Waals surface area contributed by atoms with Gasteiger partial charge in [-0.05, 0) is 36.0 Å². The van der Waals surface area contributed by atoms with E-state index in [0.29, 0.717) is 5.92 Å². The summed E-state index contributed by atoms with van der Waals surface area (Å²) in [6.45, 7) is 8.56. The zero-order chi connectivity index (χ0) is 9.84. The van der Waals surface area contributed by atoms with E-state index in [9.17, 15) is 0 Å². The van der Waals surface area contributed by atoms with Gasteiger partial charge in [0.15, 0.2) is 0 Å². The van der Waals surface area contributed by atoms with E-state index in [0.717, 1.165) is 5.92 Å². The summed E-state index contributed by atoms with van der Waals surface area (Å²) in [5.74, 6) is 1.42. The van der Waals surface area contributed by atoms with Gasteiger partial charge in [-0.2, -0.15) is 0 Å². The Hall–Kier alpha value is -0.960. The summed E-state index contributed by atoms with van der Waals surface area (Å²) >= 11 is 0. The molecule has 0 aromatic heterocycles. The van der Waals surface area contributed by atoms with Crippen LogP contribution in [0.4, 0.5) is 0 Å². The maximum Gasteiger partial charge on any atom is 0.00872 e. The fourth-order valence-corrected chi connectivity index (χ4v) is 2.03. The van der Waals surface area contributed by atoms with Gasteiger partial charge in [-0.3, -0.25) is 0 Å². The molecule has 1 aromatic carbocycles. The molecule has 0 saturated carbocycles. The lowest BCUT2D eigenvalue weighted by Crippen LogP contribution is -1.82. The molecule has 70 valence electrons. The third-order valence-corrected chi connectivity index (χ3v) is 2.59. The van der Waals surface area contributed by atoms with Gasteiger partial charge in [-0.25, -0.2) is 0 Å². The number of hydrogen-bond acceptors (Lipinski definition) is 0. The minimum Gasteiger partial charge on any atom is -0.0699 e.